The lowest BCUT2D eigenvalue weighted by atomic mass is 9.98. The predicted octanol–water partition coefficient (Wildman–Crippen LogP) is 3.31. The van der Waals surface area contributed by atoms with Crippen molar-refractivity contribution in [1.82, 2.24) is 4.90 Å². The third-order valence-corrected chi connectivity index (χ3v) is 3.78. The van der Waals surface area contributed by atoms with Gasteiger partial charge in [-0.25, -0.2) is 4.39 Å². The quantitative estimate of drug-likeness (QED) is 0.923. The number of rotatable bonds is 4. The average Bonchev–Trinajstić information content (AvgIpc) is 2.34. The molecule has 0 aliphatic carbocycles. The van der Waals surface area contributed by atoms with E-state index in [9.17, 15) is 9.18 Å². The van der Waals surface area contributed by atoms with Crippen LogP contribution in [0.15, 0.2) is 18.2 Å². The molecule has 1 unspecified atom stereocenters. The minimum Gasteiger partial charge on any atom is -0.481 e. The Balaban J connectivity index is 2.08. The molecule has 1 aliphatic heterocycles. The summed E-state index contributed by atoms with van der Waals surface area (Å²) in [6.07, 6.45) is 3.06. The Kier molecular flexibility index (Phi) is 4.77. The first-order valence-corrected chi connectivity index (χ1v) is 6.84. The number of aliphatic carboxylic acids is 1. The number of nitrogens with zero attached hydrogens (tertiary/aromatic N) is 1. The standard InChI is InChI=1S/C14H17ClFNO2/c15-11-5-4-10(13(16)7-11)9-17-6-2-1-3-12(17)8-14(18)19/h4-5,7,12H,1-3,6,8-9H2,(H,18,19). The first-order chi connectivity index (χ1) is 9.06. The molecular weight excluding hydrogens is 269 g/mol. The third kappa shape index (κ3) is 3.91. The maximum Gasteiger partial charge on any atom is 0.304 e. The summed E-state index contributed by atoms with van der Waals surface area (Å²) in [7, 11) is 0. The van der Waals surface area contributed by atoms with Gasteiger partial charge in [0.1, 0.15) is 5.82 Å². The molecule has 5 heteroatoms. The smallest absolute Gasteiger partial charge is 0.304 e. The Morgan fingerprint density at radius 1 is 1.47 bits per heavy atom. The zero-order valence-corrected chi connectivity index (χ0v) is 11.4. The zero-order valence-electron chi connectivity index (χ0n) is 10.6. The summed E-state index contributed by atoms with van der Waals surface area (Å²) in [5.74, 6) is -1.12. The van der Waals surface area contributed by atoms with Crippen LogP contribution in [-0.4, -0.2) is 28.6 Å². The summed E-state index contributed by atoms with van der Waals surface area (Å²) in [5.41, 5.74) is 0.571. The Bertz CT molecular complexity index is 467. The molecule has 1 aromatic rings. The van der Waals surface area contributed by atoms with Crippen LogP contribution in [0.2, 0.25) is 5.02 Å². The SMILES string of the molecule is O=C(O)CC1CCCCN1Cc1ccc(Cl)cc1F. The molecule has 1 aromatic carbocycles. The van der Waals surface area contributed by atoms with Crippen LogP contribution < -0.4 is 0 Å². The normalized spacial score (nSPS) is 20.4. The minimum atomic E-state index is -0.798. The van der Waals surface area contributed by atoms with Crippen LogP contribution in [0.25, 0.3) is 0 Å². The monoisotopic (exact) mass is 285 g/mol. The van der Waals surface area contributed by atoms with Gasteiger partial charge in [-0.15, -0.1) is 0 Å². The topological polar surface area (TPSA) is 40.5 Å². The van der Waals surface area contributed by atoms with E-state index < -0.39 is 5.97 Å². The summed E-state index contributed by atoms with van der Waals surface area (Å²) in [4.78, 5) is 12.9. The molecule has 1 N–H and O–H groups in total. The number of carbonyl (C=O) groups is 1. The summed E-state index contributed by atoms with van der Waals surface area (Å²) in [6.45, 7) is 1.26. The van der Waals surface area contributed by atoms with Crippen molar-refractivity contribution in [2.45, 2.75) is 38.3 Å². The van der Waals surface area contributed by atoms with E-state index in [1.807, 2.05) is 0 Å². The number of benzene rings is 1. The second-order valence-corrected chi connectivity index (χ2v) is 5.39. The summed E-state index contributed by atoms with van der Waals surface area (Å²) in [6, 6.07) is 4.63. The highest BCUT2D eigenvalue weighted by molar-refractivity contribution is 6.30. The lowest BCUT2D eigenvalue weighted by Gasteiger charge is -2.35. The molecule has 19 heavy (non-hydrogen) atoms. The largest absolute Gasteiger partial charge is 0.481 e. The van der Waals surface area contributed by atoms with Crippen molar-refractivity contribution < 1.29 is 14.3 Å². The highest BCUT2D eigenvalue weighted by Gasteiger charge is 2.25. The molecule has 1 saturated heterocycles. The van der Waals surface area contributed by atoms with E-state index in [1.54, 1.807) is 12.1 Å². The van der Waals surface area contributed by atoms with Crippen molar-refractivity contribution in [2.24, 2.45) is 0 Å². The molecule has 0 amide bonds. The Morgan fingerprint density at radius 2 is 2.26 bits per heavy atom. The zero-order chi connectivity index (χ0) is 13.8. The highest BCUT2D eigenvalue weighted by Crippen LogP contribution is 2.24. The number of hydrogen-bond donors (Lipinski definition) is 1. The predicted molar refractivity (Wildman–Crippen MR) is 71.7 cm³/mol. The van der Waals surface area contributed by atoms with Crippen LogP contribution in [0.3, 0.4) is 0 Å². The molecule has 104 valence electrons. The number of likely N-dealkylation sites (tertiary alicyclic amines) is 1. The summed E-state index contributed by atoms with van der Waals surface area (Å²) in [5, 5.41) is 9.30. The van der Waals surface area contributed by atoms with E-state index in [2.05, 4.69) is 4.90 Å². The minimum absolute atomic E-state index is 0.00123. The number of carboxylic acid groups (broad SMARTS) is 1. The van der Waals surface area contributed by atoms with E-state index >= 15 is 0 Å². The maximum atomic E-state index is 13.8. The van der Waals surface area contributed by atoms with Gasteiger partial charge in [0.25, 0.3) is 0 Å². The Labute approximate surface area is 117 Å². The van der Waals surface area contributed by atoms with Crippen molar-refractivity contribution in [3.05, 3.63) is 34.6 Å². The van der Waals surface area contributed by atoms with E-state index in [4.69, 9.17) is 16.7 Å². The van der Waals surface area contributed by atoms with E-state index in [0.717, 1.165) is 25.8 Å². The lowest BCUT2D eigenvalue weighted by Crippen LogP contribution is -2.40. The van der Waals surface area contributed by atoms with Gasteiger partial charge in [-0.3, -0.25) is 9.69 Å². The molecule has 1 heterocycles. The molecular formula is C14H17ClFNO2. The van der Waals surface area contributed by atoms with Crippen molar-refractivity contribution >= 4 is 17.6 Å². The third-order valence-electron chi connectivity index (χ3n) is 3.55. The van der Waals surface area contributed by atoms with Gasteiger partial charge in [0.05, 0.1) is 6.42 Å². The van der Waals surface area contributed by atoms with Gasteiger partial charge in [-0.1, -0.05) is 24.1 Å². The Morgan fingerprint density at radius 3 is 2.95 bits per heavy atom. The second-order valence-electron chi connectivity index (χ2n) is 4.95. The van der Waals surface area contributed by atoms with E-state index in [0.29, 0.717) is 17.1 Å². The second kappa shape index (κ2) is 6.35. The van der Waals surface area contributed by atoms with Gasteiger partial charge < -0.3 is 5.11 Å². The number of piperidine rings is 1. The Hall–Kier alpha value is -1.13. The van der Waals surface area contributed by atoms with E-state index in [-0.39, 0.29) is 18.3 Å². The highest BCUT2D eigenvalue weighted by atomic mass is 35.5. The van der Waals surface area contributed by atoms with Gasteiger partial charge >= 0.3 is 5.97 Å². The van der Waals surface area contributed by atoms with Crippen molar-refractivity contribution in [3.63, 3.8) is 0 Å². The first-order valence-electron chi connectivity index (χ1n) is 6.46. The molecule has 1 fully saturated rings. The van der Waals surface area contributed by atoms with Crippen LogP contribution in [-0.2, 0) is 11.3 Å². The number of carboxylic acids is 1. The number of halogens is 2. The van der Waals surface area contributed by atoms with Crippen LogP contribution in [0.4, 0.5) is 4.39 Å². The van der Waals surface area contributed by atoms with Gasteiger partial charge in [0.15, 0.2) is 0 Å². The molecule has 0 bridgehead atoms. The van der Waals surface area contributed by atoms with Crippen molar-refractivity contribution in [3.8, 4) is 0 Å². The first kappa shape index (κ1) is 14.3. The van der Waals surface area contributed by atoms with Crippen LogP contribution in [0.1, 0.15) is 31.2 Å². The molecule has 0 saturated carbocycles. The molecule has 0 aromatic heterocycles. The van der Waals surface area contributed by atoms with Crippen LogP contribution >= 0.6 is 11.6 Å². The average molecular weight is 286 g/mol. The fourth-order valence-corrected chi connectivity index (χ4v) is 2.73. The molecule has 0 spiro atoms. The molecule has 1 atom stereocenters. The van der Waals surface area contributed by atoms with Crippen LogP contribution in [0.5, 0.6) is 0 Å². The van der Waals surface area contributed by atoms with E-state index in [1.165, 1.54) is 6.07 Å². The fraction of sp³-hybridized carbons (Fsp3) is 0.500. The molecule has 1 aliphatic rings. The summed E-state index contributed by atoms with van der Waals surface area (Å²) < 4.78 is 13.8. The number of hydrogen-bond acceptors (Lipinski definition) is 2. The maximum absolute atomic E-state index is 13.8. The molecule has 2 rings (SSSR count). The van der Waals surface area contributed by atoms with Gasteiger partial charge in [0.2, 0.25) is 0 Å². The summed E-state index contributed by atoms with van der Waals surface area (Å²) >= 11 is 5.73. The van der Waals surface area contributed by atoms with Gasteiger partial charge in [0, 0.05) is 23.2 Å². The lowest BCUT2D eigenvalue weighted by molar-refractivity contribution is -0.138. The van der Waals surface area contributed by atoms with Gasteiger partial charge in [-0.2, -0.15) is 0 Å². The van der Waals surface area contributed by atoms with Crippen molar-refractivity contribution in [2.75, 3.05) is 6.54 Å². The molecule has 3 nitrogen and oxygen atoms in total. The van der Waals surface area contributed by atoms with Crippen molar-refractivity contribution in [1.29, 1.82) is 0 Å². The van der Waals surface area contributed by atoms with Gasteiger partial charge in [-0.05, 0) is 31.5 Å². The molecule has 0 radical (unpaired) electrons. The van der Waals surface area contributed by atoms with Crippen LogP contribution in [0, 0.1) is 5.82 Å². The fourth-order valence-electron chi connectivity index (χ4n) is 2.57.